The van der Waals surface area contributed by atoms with Crippen LogP contribution in [0.4, 0.5) is 17.3 Å². The van der Waals surface area contributed by atoms with Crippen LogP contribution in [-0.2, 0) is 4.74 Å². The quantitative estimate of drug-likeness (QED) is 0.550. The Balaban J connectivity index is 1.44. The number of rotatable bonds is 4. The predicted molar refractivity (Wildman–Crippen MR) is 116 cm³/mol. The third-order valence-electron chi connectivity index (χ3n) is 4.98. The number of nitrogens with one attached hydrogen (secondary N) is 1. The third kappa shape index (κ3) is 3.64. The molecule has 4 heterocycles. The fourth-order valence-electron chi connectivity index (χ4n) is 3.41. The van der Waals surface area contributed by atoms with E-state index in [0.717, 1.165) is 70.1 Å². The summed E-state index contributed by atoms with van der Waals surface area (Å²) in [6, 6.07) is 12.1. The van der Waals surface area contributed by atoms with Gasteiger partial charge >= 0.3 is 0 Å². The van der Waals surface area contributed by atoms with Gasteiger partial charge in [0.15, 0.2) is 0 Å². The molecular formula is C21H20N6OS. The minimum atomic E-state index is 0.727. The number of fused-ring (bicyclic) bond motifs is 1. The maximum atomic E-state index is 5.43. The number of aromatic nitrogens is 4. The first kappa shape index (κ1) is 18.0. The van der Waals surface area contributed by atoms with E-state index in [4.69, 9.17) is 9.72 Å². The summed E-state index contributed by atoms with van der Waals surface area (Å²) in [4.78, 5) is 21.2. The van der Waals surface area contributed by atoms with Gasteiger partial charge in [0, 0.05) is 36.6 Å². The highest BCUT2D eigenvalue weighted by Gasteiger charge is 2.15. The minimum Gasteiger partial charge on any atom is -0.378 e. The summed E-state index contributed by atoms with van der Waals surface area (Å²) in [7, 11) is 0. The highest BCUT2D eigenvalue weighted by atomic mass is 32.1. The largest absolute Gasteiger partial charge is 0.378 e. The van der Waals surface area contributed by atoms with E-state index < -0.39 is 0 Å². The molecule has 1 fully saturated rings. The van der Waals surface area contributed by atoms with Gasteiger partial charge in [-0.05, 0) is 30.7 Å². The fourth-order valence-corrected chi connectivity index (χ4v) is 4.40. The molecule has 4 aromatic rings. The maximum Gasteiger partial charge on any atom is 0.143 e. The number of hydrogen-bond donors (Lipinski definition) is 1. The summed E-state index contributed by atoms with van der Waals surface area (Å²) in [6.07, 6.45) is 3.40. The number of thiazole rings is 1. The maximum absolute atomic E-state index is 5.43. The van der Waals surface area contributed by atoms with Crippen LogP contribution in [0, 0.1) is 6.92 Å². The molecule has 5 rings (SSSR count). The van der Waals surface area contributed by atoms with Crippen LogP contribution >= 0.6 is 11.3 Å². The van der Waals surface area contributed by atoms with Crippen molar-refractivity contribution in [2.75, 3.05) is 36.5 Å². The SMILES string of the molecule is Cc1c(Nc2cc(N3CCOCC3)ncn2)cccc1-c1nc2cccnc2s1. The summed E-state index contributed by atoms with van der Waals surface area (Å²) < 4.78 is 5.43. The first-order chi connectivity index (χ1) is 14.3. The molecule has 0 spiro atoms. The summed E-state index contributed by atoms with van der Waals surface area (Å²) in [5, 5.41) is 4.42. The van der Waals surface area contributed by atoms with Gasteiger partial charge in [-0.1, -0.05) is 23.5 Å². The number of pyridine rings is 1. The zero-order chi connectivity index (χ0) is 19.6. The lowest BCUT2D eigenvalue weighted by Crippen LogP contribution is -2.36. The molecule has 7 nitrogen and oxygen atoms in total. The molecule has 1 aliphatic heterocycles. The summed E-state index contributed by atoms with van der Waals surface area (Å²) in [6.45, 7) is 5.24. The first-order valence-electron chi connectivity index (χ1n) is 9.51. The van der Waals surface area contributed by atoms with E-state index in [-0.39, 0.29) is 0 Å². The number of nitrogens with zero attached hydrogens (tertiary/aromatic N) is 5. The lowest BCUT2D eigenvalue weighted by molar-refractivity contribution is 0.122. The molecule has 1 N–H and O–H groups in total. The lowest BCUT2D eigenvalue weighted by Gasteiger charge is -2.27. The Morgan fingerprint density at radius 1 is 1.07 bits per heavy atom. The monoisotopic (exact) mass is 404 g/mol. The van der Waals surface area contributed by atoms with E-state index in [1.54, 1.807) is 23.9 Å². The Hall–Kier alpha value is -3.10. The van der Waals surface area contributed by atoms with Gasteiger partial charge in [-0.25, -0.2) is 19.9 Å². The van der Waals surface area contributed by atoms with Crippen LogP contribution in [0.25, 0.3) is 20.9 Å². The molecule has 1 aromatic carbocycles. The van der Waals surface area contributed by atoms with Crippen LogP contribution < -0.4 is 10.2 Å². The van der Waals surface area contributed by atoms with Crippen molar-refractivity contribution in [1.82, 2.24) is 19.9 Å². The zero-order valence-electron chi connectivity index (χ0n) is 16.0. The molecule has 146 valence electrons. The predicted octanol–water partition coefficient (Wildman–Crippen LogP) is 4.04. The zero-order valence-corrected chi connectivity index (χ0v) is 16.8. The Morgan fingerprint density at radius 2 is 1.97 bits per heavy atom. The Kier molecular flexibility index (Phi) is 4.79. The van der Waals surface area contributed by atoms with Crippen LogP contribution in [0.2, 0.25) is 0 Å². The van der Waals surface area contributed by atoms with Crippen LogP contribution in [0.3, 0.4) is 0 Å². The van der Waals surface area contributed by atoms with E-state index in [1.165, 1.54) is 0 Å². The highest BCUT2D eigenvalue weighted by Crippen LogP contribution is 2.34. The normalized spacial score (nSPS) is 14.3. The van der Waals surface area contributed by atoms with E-state index in [9.17, 15) is 0 Å². The van der Waals surface area contributed by atoms with Crippen molar-refractivity contribution in [3.8, 4) is 10.6 Å². The van der Waals surface area contributed by atoms with Crippen molar-refractivity contribution in [3.05, 3.63) is 54.5 Å². The van der Waals surface area contributed by atoms with Crippen molar-refractivity contribution in [2.24, 2.45) is 0 Å². The molecule has 29 heavy (non-hydrogen) atoms. The molecule has 0 saturated carbocycles. The number of morpholine rings is 1. The topological polar surface area (TPSA) is 76.1 Å². The van der Waals surface area contributed by atoms with Crippen molar-refractivity contribution >= 4 is 39.0 Å². The number of anilines is 3. The summed E-state index contributed by atoms with van der Waals surface area (Å²) in [5.74, 6) is 1.68. The molecule has 0 radical (unpaired) electrons. The van der Waals surface area contributed by atoms with Gasteiger partial charge in [-0.3, -0.25) is 0 Å². The van der Waals surface area contributed by atoms with E-state index in [0.29, 0.717) is 0 Å². The molecule has 1 aliphatic rings. The number of benzene rings is 1. The lowest BCUT2D eigenvalue weighted by atomic mass is 10.1. The average molecular weight is 404 g/mol. The molecule has 0 aliphatic carbocycles. The Morgan fingerprint density at radius 3 is 2.83 bits per heavy atom. The molecule has 8 heteroatoms. The molecule has 1 saturated heterocycles. The molecule has 0 amide bonds. The van der Waals surface area contributed by atoms with Gasteiger partial charge in [0.25, 0.3) is 0 Å². The summed E-state index contributed by atoms with van der Waals surface area (Å²) >= 11 is 1.61. The number of hydrogen-bond acceptors (Lipinski definition) is 8. The van der Waals surface area contributed by atoms with Crippen molar-refractivity contribution < 1.29 is 4.74 Å². The average Bonchev–Trinajstić information content (AvgIpc) is 3.20. The Labute approximate surface area is 172 Å². The second-order valence-electron chi connectivity index (χ2n) is 6.81. The second-order valence-corrected chi connectivity index (χ2v) is 7.79. The second kappa shape index (κ2) is 7.73. The fraction of sp³-hybridized carbons (Fsp3) is 0.238. The Bertz CT molecular complexity index is 1120. The van der Waals surface area contributed by atoms with Gasteiger partial charge in [0.2, 0.25) is 0 Å². The van der Waals surface area contributed by atoms with Gasteiger partial charge < -0.3 is 15.0 Å². The third-order valence-corrected chi connectivity index (χ3v) is 5.99. The first-order valence-corrected chi connectivity index (χ1v) is 10.3. The van der Waals surface area contributed by atoms with Gasteiger partial charge in [0.1, 0.15) is 33.3 Å². The van der Waals surface area contributed by atoms with Crippen molar-refractivity contribution in [2.45, 2.75) is 6.92 Å². The summed E-state index contributed by atoms with van der Waals surface area (Å²) in [5.41, 5.74) is 4.15. The molecular weight excluding hydrogens is 384 g/mol. The highest BCUT2D eigenvalue weighted by molar-refractivity contribution is 7.21. The van der Waals surface area contributed by atoms with Crippen LogP contribution in [0.1, 0.15) is 5.56 Å². The molecule has 0 atom stereocenters. The van der Waals surface area contributed by atoms with Crippen molar-refractivity contribution in [1.29, 1.82) is 0 Å². The number of ether oxygens (including phenoxy) is 1. The molecule has 0 bridgehead atoms. The van der Waals surface area contributed by atoms with Gasteiger partial charge in [0.05, 0.1) is 13.2 Å². The van der Waals surface area contributed by atoms with Gasteiger partial charge in [-0.2, -0.15) is 0 Å². The van der Waals surface area contributed by atoms with Crippen LogP contribution in [0.15, 0.2) is 48.9 Å². The standard InChI is InChI=1S/C21H20N6OS/c1-14-15(20-26-17-6-3-7-22-21(17)29-20)4-2-5-16(14)25-18-12-19(24-13-23-18)27-8-10-28-11-9-27/h2-7,12-13H,8-11H2,1H3,(H,23,24,25). The van der Waals surface area contributed by atoms with Gasteiger partial charge in [-0.15, -0.1) is 0 Å². The smallest absolute Gasteiger partial charge is 0.143 e. The van der Waals surface area contributed by atoms with Crippen LogP contribution in [-0.4, -0.2) is 46.2 Å². The molecule has 0 unspecified atom stereocenters. The van der Waals surface area contributed by atoms with E-state index in [2.05, 4.69) is 44.2 Å². The molecule has 3 aromatic heterocycles. The van der Waals surface area contributed by atoms with Crippen LogP contribution in [0.5, 0.6) is 0 Å². The van der Waals surface area contributed by atoms with E-state index in [1.807, 2.05) is 24.3 Å². The van der Waals surface area contributed by atoms with Crippen molar-refractivity contribution in [3.63, 3.8) is 0 Å². The van der Waals surface area contributed by atoms with E-state index >= 15 is 0 Å². The minimum absolute atomic E-state index is 0.727.